The highest BCUT2D eigenvalue weighted by Crippen LogP contribution is 2.31. The molecule has 2 saturated heterocycles. The lowest BCUT2D eigenvalue weighted by Crippen LogP contribution is -2.53. The van der Waals surface area contributed by atoms with Crippen molar-refractivity contribution in [3.63, 3.8) is 0 Å². The Kier molecular flexibility index (Phi) is 10.4. The molecule has 0 bridgehead atoms. The molecule has 2 aliphatic heterocycles. The molecule has 34 heavy (non-hydrogen) atoms. The second kappa shape index (κ2) is 12.8. The minimum Gasteiger partial charge on any atom is -0.380 e. The van der Waals surface area contributed by atoms with Crippen molar-refractivity contribution in [1.82, 2.24) is 19.4 Å². The van der Waals surface area contributed by atoms with Crippen molar-refractivity contribution in [2.75, 3.05) is 73.2 Å². The number of hydrogen-bond acceptors (Lipinski definition) is 7. The van der Waals surface area contributed by atoms with Gasteiger partial charge in [0.25, 0.3) is 0 Å². The van der Waals surface area contributed by atoms with E-state index in [-0.39, 0.29) is 47.2 Å². The Labute approximate surface area is 212 Å². The number of halogens is 2. The third kappa shape index (κ3) is 7.51. The van der Waals surface area contributed by atoms with Crippen molar-refractivity contribution < 1.29 is 22.7 Å². The molecule has 0 saturated carbocycles. The minimum absolute atomic E-state index is 0.00637. The van der Waals surface area contributed by atoms with E-state index in [1.54, 1.807) is 0 Å². The van der Waals surface area contributed by atoms with Crippen LogP contribution in [0.4, 0.5) is 0 Å². The Morgan fingerprint density at radius 2 is 1.71 bits per heavy atom. The molecule has 2 heterocycles. The molecule has 9 nitrogen and oxygen atoms in total. The Bertz CT molecular complexity index is 910. The zero-order chi connectivity index (χ0) is 24.7. The molecular formula is C22H34Cl2N4O5S. The lowest BCUT2D eigenvalue weighted by atomic mass is 10.0. The van der Waals surface area contributed by atoms with Crippen LogP contribution in [-0.2, 0) is 30.9 Å². The largest absolute Gasteiger partial charge is 0.380 e. The van der Waals surface area contributed by atoms with E-state index >= 15 is 0 Å². The normalized spacial score (nSPS) is 19.0. The van der Waals surface area contributed by atoms with Gasteiger partial charge in [-0.2, -0.15) is 0 Å². The maximum Gasteiger partial charge on any atom is 0.248 e. The number of piperazine rings is 1. The van der Waals surface area contributed by atoms with Gasteiger partial charge in [0.15, 0.2) is 0 Å². The number of hydrogen-bond donors (Lipinski definition) is 1. The number of likely N-dealkylation sites (tertiary alicyclic amines) is 1. The summed E-state index contributed by atoms with van der Waals surface area (Å²) in [4.78, 5) is 19.0. The number of piperidine rings is 1. The van der Waals surface area contributed by atoms with Crippen molar-refractivity contribution in [2.45, 2.75) is 30.4 Å². The van der Waals surface area contributed by atoms with Crippen LogP contribution in [0.15, 0.2) is 17.0 Å². The first-order valence-electron chi connectivity index (χ1n) is 11.5. The SMILES string of the molecule is COCc1cc(Cl)c(S(=O)(=O)NCCOCC(=O)N2CCC(N3CCN(C)CC3)CC2)c(Cl)c1. The molecule has 0 aromatic heterocycles. The van der Waals surface area contributed by atoms with Gasteiger partial charge < -0.3 is 19.3 Å². The van der Waals surface area contributed by atoms with Crippen molar-refractivity contribution in [1.29, 1.82) is 0 Å². The first-order valence-corrected chi connectivity index (χ1v) is 13.7. The van der Waals surface area contributed by atoms with Gasteiger partial charge in [-0.3, -0.25) is 9.69 Å². The number of sulfonamides is 1. The van der Waals surface area contributed by atoms with Crippen LogP contribution in [0.25, 0.3) is 0 Å². The lowest BCUT2D eigenvalue weighted by Gasteiger charge is -2.42. The van der Waals surface area contributed by atoms with Crippen molar-refractivity contribution in [3.8, 4) is 0 Å². The molecule has 0 unspecified atom stereocenters. The first kappa shape index (κ1) is 27.6. The van der Waals surface area contributed by atoms with E-state index in [1.165, 1.54) is 19.2 Å². The molecule has 0 radical (unpaired) electrons. The zero-order valence-corrected chi connectivity index (χ0v) is 22.1. The molecule has 0 aliphatic carbocycles. The molecule has 2 fully saturated rings. The van der Waals surface area contributed by atoms with E-state index in [0.29, 0.717) is 11.6 Å². The van der Waals surface area contributed by atoms with Gasteiger partial charge in [0.2, 0.25) is 15.9 Å². The summed E-state index contributed by atoms with van der Waals surface area (Å²) >= 11 is 12.3. The van der Waals surface area contributed by atoms with Crippen molar-refractivity contribution in [3.05, 3.63) is 27.7 Å². The van der Waals surface area contributed by atoms with E-state index in [4.69, 9.17) is 32.7 Å². The Morgan fingerprint density at radius 1 is 1.09 bits per heavy atom. The van der Waals surface area contributed by atoms with Gasteiger partial charge in [0, 0.05) is 59.0 Å². The van der Waals surface area contributed by atoms with Crippen molar-refractivity contribution >= 4 is 39.1 Å². The molecule has 1 aromatic rings. The van der Waals surface area contributed by atoms with Gasteiger partial charge in [-0.05, 0) is 37.6 Å². The average molecular weight is 538 g/mol. The Balaban J connectivity index is 1.37. The van der Waals surface area contributed by atoms with Crippen LogP contribution in [0.2, 0.25) is 10.0 Å². The Hall–Kier alpha value is -0.980. The highest BCUT2D eigenvalue weighted by molar-refractivity contribution is 7.89. The topological polar surface area (TPSA) is 91.4 Å². The highest BCUT2D eigenvalue weighted by Gasteiger charge is 2.28. The summed E-state index contributed by atoms with van der Waals surface area (Å²) < 4.78 is 38.1. The van der Waals surface area contributed by atoms with Crippen LogP contribution in [0.5, 0.6) is 0 Å². The smallest absolute Gasteiger partial charge is 0.248 e. The van der Waals surface area contributed by atoms with E-state index < -0.39 is 10.0 Å². The van der Waals surface area contributed by atoms with Crippen LogP contribution in [-0.4, -0.2) is 108 Å². The van der Waals surface area contributed by atoms with Crippen LogP contribution >= 0.6 is 23.2 Å². The average Bonchev–Trinajstić information content (AvgIpc) is 2.79. The number of amides is 1. The molecule has 2 aliphatic rings. The molecule has 0 atom stereocenters. The predicted molar refractivity (Wildman–Crippen MR) is 132 cm³/mol. The fourth-order valence-corrected chi connectivity index (χ4v) is 6.63. The third-order valence-corrected chi connectivity index (χ3v) is 8.66. The number of ether oxygens (including phenoxy) is 2. The fraction of sp³-hybridized carbons (Fsp3) is 0.682. The van der Waals surface area contributed by atoms with Gasteiger partial charge in [0.1, 0.15) is 11.5 Å². The third-order valence-electron chi connectivity index (χ3n) is 6.27. The molecule has 1 N–H and O–H groups in total. The molecule has 1 amide bonds. The number of benzene rings is 1. The molecule has 0 spiro atoms. The highest BCUT2D eigenvalue weighted by atomic mass is 35.5. The zero-order valence-electron chi connectivity index (χ0n) is 19.8. The second-order valence-electron chi connectivity index (χ2n) is 8.72. The summed E-state index contributed by atoms with van der Waals surface area (Å²) in [5, 5.41) is 0.0336. The number of rotatable bonds is 10. The number of carbonyl (C=O) groups is 1. The summed E-state index contributed by atoms with van der Waals surface area (Å²) in [5.74, 6) is -0.0699. The molecule has 192 valence electrons. The van der Waals surface area contributed by atoms with Crippen molar-refractivity contribution in [2.24, 2.45) is 0 Å². The lowest BCUT2D eigenvalue weighted by molar-refractivity contribution is -0.137. The van der Waals surface area contributed by atoms with Gasteiger partial charge in [0.05, 0.1) is 23.3 Å². The second-order valence-corrected chi connectivity index (χ2v) is 11.2. The fourth-order valence-electron chi connectivity index (χ4n) is 4.36. The number of carbonyl (C=O) groups excluding carboxylic acids is 1. The Morgan fingerprint density at radius 3 is 2.29 bits per heavy atom. The molecular weight excluding hydrogens is 503 g/mol. The molecule has 1 aromatic carbocycles. The monoisotopic (exact) mass is 536 g/mol. The van der Waals surface area contributed by atoms with Gasteiger partial charge in [-0.1, -0.05) is 23.2 Å². The molecule has 12 heteroatoms. The first-order chi connectivity index (χ1) is 16.2. The van der Waals surface area contributed by atoms with E-state index in [0.717, 1.165) is 52.1 Å². The summed E-state index contributed by atoms with van der Waals surface area (Å²) in [6.07, 6.45) is 1.94. The van der Waals surface area contributed by atoms with Gasteiger partial charge in [-0.15, -0.1) is 0 Å². The summed E-state index contributed by atoms with van der Waals surface area (Å²) in [6.45, 7) is 6.04. The van der Waals surface area contributed by atoms with Crippen LogP contribution in [0, 0.1) is 0 Å². The van der Waals surface area contributed by atoms with Gasteiger partial charge >= 0.3 is 0 Å². The summed E-state index contributed by atoms with van der Waals surface area (Å²) in [5.41, 5.74) is 0.672. The number of likely N-dealkylation sites (N-methyl/N-ethyl adjacent to an activating group) is 1. The van der Waals surface area contributed by atoms with Crippen LogP contribution < -0.4 is 4.72 Å². The number of nitrogens with zero attached hydrogens (tertiary/aromatic N) is 3. The number of nitrogens with one attached hydrogen (secondary N) is 1. The standard InChI is InChI=1S/C22H34Cl2N4O5S/c1-26-8-10-27(11-9-26)18-3-6-28(7-4-18)21(29)16-33-12-5-25-34(30,31)22-19(23)13-17(15-32-2)14-20(22)24/h13-14,18,25H,3-12,15-16H2,1-2H3. The van der Waals surface area contributed by atoms with Gasteiger partial charge in [-0.25, -0.2) is 13.1 Å². The summed E-state index contributed by atoms with van der Waals surface area (Å²) in [6, 6.07) is 3.55. The number of methoxy groups -OCH3 is 1. The van der Waals surface area contributed by atoms with E-state index in [1.807, 2.05) is 4.90 Å². The van der Waals surface area contributed by atoms with E-state index in [2.05, 4.69) is 21.6 Å². The minimum atomic E-state index is -3.93. The van der Waals surface area contributed by atoms with Crippen LogP contribution in [0.3, 0.4) is 0 Å². The summed E-state index contributed by atoms with van der Waals surface area (Å²) in [7, 11) is -0.262. The van der Waals surface area contributed by atoms with Crippen LogP contribution in [0.1, 0.15) is 18.4 Å². The quantitative estimate of drug-likeness (QED) is 0.454. The maximum absolute atomic E-state index is 12.6. The van der Waals surface area contributed by atoms with E-state index in [9.17, 15) is 13.2 Å². The molecule has 3 rings (SSSR count). The maximum atomic E-state index is 12.6. The predicted octanol–water partition coefficient (Wildman–Crippen LogP) is 1.67.